The van der Waals surface area contributed by atoms with E-state index in [0.717, 1.165) is 68.6 Å². The van der Waals surface area contributed by atoms with E-state index in [9.17, 15) is 14.0 Å². The molecule has 0 saturated carbocycles. The fourth-order valence-corrected chi connectivity index (χ4v) is 5.42. The maximum absolute atomic E-state index is 14.6. The highest BCUT2D eigenvalue weighted by Crippen LogP contribution is 2.27. The summed E-state index contributed by atoms with van der Waals surface area (Å²) in [4.78, 5) is 24.9. The number of halogens is 1. The first-order valence-electron chi connectivity index (χ1n) is 17.9. The minimum atomic E-state index is -0.811. The summed E-state index contributed by atoms with van der Waals surface area (Å²) in [5, 5.41) is 0. The maximum atomic E-state index is 14.6. The predicted octanol–water partition coefficient (Wildman–Crippen LogP) is 9.86. The van der Waals surface area contributed by atoms with Gasteiger partial charge in [-0.05, 0) is 72.4 Å². The summed E-state index contributed by atoms with van der Waals surface area (Å²) >= 11 is 0. The number of carbonyl (C=O) groups is 2. The highest BCUT2D eigenvalue weighted by molar-refractivity contribution is 5.92. The number of carbonyl (C=O) groups excluding carboxylic acids is 2. The van der Waals surface area contributed by atoms with Crippen molar-refractivity contribution in [3.63, 3.8) is 0 Å². The van der Waals surface area contributed by atoms with Crippen LogP contribution in [0, 0.1) is 17.2 Å². The van der Waals surface area contributed by atoms with Gasteiger partial charge in [0, 0.05) is 12.0 Å². The lowest BCUT2D eigenvalue weighted by Crippen LogP contribution is -2.43. The highest BCUT2D eigenvalue weighted by atomic mass is 19.1. The molecule has 1 aliphatic heterocycles. The predicted molar refractivity (Wildman–Crippen MR) is 190 cm³/mol. The molecule has 1 atom stereocenters. The van der Waals surface area contributed by atoms with Crippen molar-refractivity contribution in [1.29, 1.82) is 0 Å². The van der Waals surface area contributed by atoms with Gasteiger partial charge in [0.15, 0.2) is 11.6 Å². The van der Waals surface area contributed by atoms with Crippen LogP contribution < -0.4 is 9.47 Å². The Morgan fingerprint density at radius 2 is 1.35 bits per heavy atom. The molecule has 1 saturated heterocycles. The minimum absolute atomic E-state index is 0.0664. The molecule has 7 nitrogen and oxygen atoms in total. The molecule has 0 aliphatic carbocycles. The van der Waals surface area contributed by atoms with Gasteiger partial charge in [-0.2, -0.15) is 0 Å². The van der Waals surface area contributed by atoms with Crippen molar-refractivity contribution in [3.05, 3.63) is 83.7 Å². The summed E-state index contributed by atoms with van der Waals surface area (Å²) in [7, 11) is 0. The zero-order valence-corrected chi connectivity index (χ0v) is 29.5. The van der Waals surface area contributed by atoms with E-state index in [1.807, 2.05) is 50.2 Å². The van der Waals surface area contributed by atoms with Crippen LogP contribution in [0.25, 0.3) is 11.1 Å². The first-order valence-corrected chi connectivity index (χ1v) is 17.9. The average Bonchev–Trinajstić information content (AvgIpc) is 3.10. The first-order chi connectivity index (χ1) is 23.8. The molecule has 0 bridgehead atoms. The molecule has 4 rings (SSSR count). The zero-order valence-electron chi connectivity index (χ0n) is 29.5. The van der Waals surface area contributed by atoms with Crippen LogP contribution >= 0.6 is 0 Å². The van der Waals surface area contributed by atoms with Crippen LogP contribution in [-0.4, -0.2) is 51.6 Å². The van der Waals surface area contributed by atoms with Crippen LogP contribution in [-0.2, 0) is 14.2 Å². The summed E-state index contributed by atoms with van der Waals surface area (Å²) < 4.78 is 42.1. The van der Waals surface area contributed by atoms with Crippen molar-refractivity contribution < 1.29 is 37.7 Å². The van der Waals surface area contributed by atoms with Crippen molar-refractivity contribution in [1.82, 2.24) is 0 Å². The third kappa shape index (κ3) is 12.9. The molecule has 266 valence electrons. The third-order valence-electron chi connectivity index (χ3n) is 8.93. The van der Waals surface area contributed by atoms with E-state index in [1.54, 1.807) is 12.1 Å². The Bertz CT molecular complexity index is 1430. The molecule has 0 amide bonds. The molecule has 1 fully saturated rings. The quantitative estimate of drug-likeness (QED) is 0.0595. The van der Waals surface area contributed by atoms with Crippen LogP contribution in [0.5, 0.6) is 11.5 Å². The number of ether oxygens (including phenoxy) is 5. The Morgan fingerprint density at radius 3 is 1.92 bits per heavy atom. The van der Waals surface area contributed by atoms with Crippen LogP contribution in [0.4, 0.5) is 4.39 Å². The van der Waals surface area contributed by atoms with Gasteiger partial charge in [0.1, 0.15) is 5.75 Å². The Hall–Kier alpha value is -3.75. The maximum Gasteiger partial charge on any atom is 0.343 e. The lowest BCUT2D eigenvalue weighted by Gasteiger charge is -2.37. The smallest absolute Gasteiger partial charge is 0.343 e. The van der Waals surface area contributed by atoms with Gasteiger partial charge >= 0.3 is 11.9 Å². The lowest BCUT2D eigenvalue weighted by atomic mass is 9.90. The molecular weight excluding hydrogens is 623 g/mol. The molecule has 3 aromatic rings. The summed E-state index contributed by atoms with van der Waals surface area (Å²) in [6, 6.07) is 18.5. The van der Waals surface area contributed by atoms with Crippen LogP contribution in [0.3, 0.4) is 0 Å². The van der Waals surface area contributed by atoms with Crippen LogP contribution in [0.2, 0.25) is 0 Å². The minimum Gasteiger partial charge on any atom is -0.494 e. The molecule has 3 aromatic carbocycles. The molecule has 0 aromatic heterocycles. The SMILES string of the molecule is CC[C@@H](C)COC(=O)c1ccc(OC(=O)c2ccc(-c3ccc(OCCCCCCCCCCCOCC4(C)COC4)cc3)cc2)c(F)c1. The van der Waals surface area contributed by atoms with Crippen LogP contribution in [0.15, 0.2) is 66.7 Å². The van der Waals surface area contributed by atoms with Crippen molar-refractivity contribution in [2.45, 2.75) is 85.0 Å². The van der Waals surface area contributed by atoms with Gasteiger partial charge in [-0.15, -0.1) is 0 Å². The van der Waals surface area contributed by atoms with E-state index < -0.39 is 17.8 Å². The molecule has 49 heavy (non-hydrogen) atoms. The summed E-state index contributed by atoms with van der Waals surface area (Å²) in [6.07, 6.45) is 11.9. The van der Waals surface area contributed by atoms with Gasteiger partial charge in [-0.1, -0.05) is 96.4 Å². The molecule has 8 heteroatoms. The van der Waals surface area contributed by atoms with Gasteiger partial charge < -0.3 is 23.7 Å². The second-order valence-corrected chi connectivity index (χ2v) is 13.6. The van der Waals surface area contributed by atoms with Crippen LogP contribution in [0.1, 0.15) is 106 Å². The molecular formula is C41H53FO7. The Kier molecular flexibility index (Phi) is 15.6. The number of rotatable bonds is 22. The standard InChI is InChI=1S/C41H53FO7/c1-4-31(2)27-48-39(43)35-20-23-38(37(42)26-35)49-40(44)34-16-14-32(15-17-34)33-18-21-36(22-19-33)47-25-13-11-9-7-5-6-8-10-12-24-45-28-41(3)29-46-30-41/h14-23,26,31H,4-13,24-25,27-30H2,1-3H3/t31-/m1/s1. The van der Waals surface area contributed by atoms with Gasteiger partial charge in [0.2, 0.25) is 0 Å². The lowest BCUT2D eigenvalue weighted by molar-refractivity contribution is -0.137. The van der Waals surface area contributed by atoms with Crippen molar-refractivity contribution in [2.24, 2.45) is 11.3 Å². The molecule has 0 N–H and O–H groups in total. The summed E-state index contributed by atoms with van der Waals surface area (Å²) in [6.45, 7) is 10.5. The molecule has 1 aliphatic rings. The largest absolute Gasteiger partial charge is 0.494 e. The number of unbranched alkanes of at least 4 members (excludes halogenated alkanes) is 8. The van der Waals surface area contributed by atoms with Crippen molar-refractivity contribution >= 4 is 11.9 Å². The summed E-state index contributed by atoms with van der Waals surface area (Å²) in [5.41, 5.74) is 2.52. The van der Waals surface area contributed by atoms with Crippen molar-refractivity contribution in [2.75, 3.05) is 39.6 Å². The van der Waals surface area contributed by atoms with E-state index in [4.69, 9.17) is 23.7 Å². The molecule has 0 spiro atoms. The Labute approximate surface area is 291 Å². The van der Waals surface area contributed by atoms with E-state index in [1.165, 1.54) is 57.1 Å². The van der Waals surface area contributed by atoms with Gasteiger partial charge in [0.25, 0.3) is 0 Å². The number of hydrogen-bond acceptors (Lipinski definition) is 7. The monoisotopic (exact) mass is 676 g/mol. The Morgan fingerprint density at radius 1 is 0.776 bits per heavy atom. The first kappa shape index (κ1) is 38.1. The number of hydrogen-bond donors (Lipinski definition) is 0. The molecule has 0 radical (unpaired) electrons. The fraction of sp³-hybridized carbons (Fsp3) is 0.512. The van der Waals surface area contributed by atoms with E-state index in [2.05, 4.69) is 6.92 Å². The van der Waals surface area contributed by atoms with E-state index >= 15 is 0 Å². The van der Waals surface area contributed by atoms with Gasteiger partial charge in [0.05, 0.1) is 44.2 Å². The van der Waals surface area contributed by atoms with E-state index in [-0.39, 0.29) is 34.8 Å². The molecule has 1 heterocycles. The second-order valence-electron chi connectivity index (χ2n) is 13.6. The van der Waals surface area contributed by atoms with Gasteiger partial charge in [-0.3, -0.25) is 0 Å². The summed E-state index contributed by atoms with van der Waals surface area (Å²) in [5.74, 6) is -1.32. The Balaban J connectivity index is 1.07. The van der Waals surface area contributed by atoms with Crippen molar-refractivity contribution in [3.8, 4) is 22.6 Å². The fourth-order valence-electron chi connectivity index (χ4n) is 5.42. The average molecular weight is 677 g/mol. The normalized spacial score (nSPS) is 14.1. The molecule has 0 unspecified atom stereocenters. The van der Waals surface area contributed by atoms with Gasteiger partial charge in [-0.25, -0.2) is 14.0 Å². The van der Waals surface area contributed by atoms with E-state index in [0.29, 0.717) is 6.61 Å². The third-order valence-corrected chi connectivity index (χ3v) is 8.93. The number of benzene rings is 3. The zero-order chi connectivity index (χ0) is 34.9. The number of esters is 2. The second kappa shape index (κ2) is 20.1. The highest BCUT2D eigenvalue weighted by Gasteiger charge is 2.33. The topological polar surface area (TPSA) is 80.3 Å².